The van der Waals surface area contributed by atoms with Crippen LogP contribution in [-0.4, -0.2) is 12.5 Å². The summed E-state index contributed by atoms with van der Waals surface area (Å²) in [6.07, 6.45) is 0.973. The van der Waals surface area contributed by atoms with Crippen LogP contribution in [0.4, 0.5) is 0 Å². The fraction of sp³-hybridized carbons (Fsp3) is 0.467. The maximum absolute atomic E-state index is 11.7. The van der Waals surface area contributed by atoms with Gasteiger partial charge in [-0.15, -0.1) is 0 Å². The first-order valence-corrected chi connectivity index (χ1v) is 6.43. The molecule has 0 aromatic heterocycles. The third-order valence-electron chi connectivity index (χ3n) is 2.94. The van der Waals surface area contributed by atoms with Crippen molar-refractivity contribution in [3.05, 3.63) is 35.9 Å². The first-order valence-electron chi connectivity index (χ1n) is 6.43. The molecule has 0 saturated heterocycles. The van der Waals surface area contributed by atoms with Gasteiger partial charge < -0.3 is 11.1 Å². The number of benzene rings is 1. The summed E-state index contributed by atoms with van der Waals surface area (Å²) in [5, 5.41) is 11.6. The molecule has 1 rings (SSSR count). The van der Waals surface area contributed by atoms with Gasteiger partial charge in [-0.05, 0) is 25.8 Å². The second-order valence-corrected chi connectivity index (χ2v) is 5.33. The predicted octanol–water partition coefficient (Wildman–Crippen LogP) is 2.13. The van der Waals surface area contributed by atoms with Gasteiger partial charge in [-0.1, -0.05) is 30.3 Å². The van der Waals surface area contributed by atoms with E-state index in [0.717, 1.165) is 5.56 Å². The quantitative estimate of drug-likeness (QED) is 0.821. The zero-order valence-corrected chi connectivity index (χ0v) is 11.5. The van der Waals surface area contributed by atoms with Crippen LogP contribution in [0.15, 0.2) is 30.3 Å². The van der Waals surface area contributed by atoms with Crippen LogP contribution in [0.3, 0.4) is 0 Å². The van der Waals surface area contributed by atoms with Gasteiger partial charge >= 0.3 is 0 Å². The molecule has 1 amide bonds. The molecule has 3 N–H and O–H groups in total. The van der Waals surface area contributed by atoms with E-state index in [0.29, 0.717) is 19.4 Å². The molecule has 0 heterocycles. The summed E-state index contributed by atoms with van der Waals surface area (Å²) in [6.45, 7) is 3.95. The average Bonchev–Trinajstić information content (AvgIpc) is 2.43. The van der Waals surface area contributed by atoms with E-state index in [4.69, 9.17) is 11.0 Å². The van der Waals surface area contributed by atoms with Gasteiger partial charge in [0.05, 0.1) is 11.5 Å². The number of carbonyl (C=O) groups is 1. The lowest BCUT2D eigenvalue weighted by molar-refractivity contribution is -0.121. The van der Waals surface area contributed by atoms with Crippen molar-refractivity contribution < 1.29 is 4.79 Å². The van der Waals surface area contributed by atoms with E-state index >= 15 is 0 Å². The summed E-state index contributed by atoms with van der Waals surface area (Å²) in [5.74, 6) is -0.0605. The third kappa shape index (κ3) is 5.54. The molecule has 0 aliphatic rings. The lowest BCUT2D eigenvalue weighted by Gasteiger charge is -2.16. The Kier molecular flexibility index (Phi) is 5.53. The fourth-order valence-electron chi connectivity index (χ4n) is 1.60. The molecule has 102 valence electrons. The number of hydrogen-bond acceptors (Lipinski definition) is 3. The largest absolute Gasteiger partial charge is 0.355 e. The van der Waals surface area contributed by atoms with Crippen molar-refractivity contribution in [1.29, 1.82) is 5.26 Å². The van der Waals surface area contributed by atoms with Crippen molar-refractivity contribution in [2.24, 2.45) is 11.1 Å². The number of nitriles is 1. The van der Waals surface area contributed by atoms with Crippen molar-refractivity contribution in [2.75, 3.05) is 6.54 Å². The van der Waals surface area contributed by atoms with Crippen LogP contribution in [0.1, 0.15) is 38.3 Å². The maximum Gasteiger partial charge on any atom is 0.220 e. The zero-order chi connectivity index (χ0) is 14.3. The van der Waals surface area contributed by atoms with Gasteiger partial charge in [-0.25, -0.2) is 0 Å². The van der Waals surface area contributed by atoms with E-state index in [2.05, 4.69) is 11.4 Å². The average molecular weight is 259 g/mol. The van der Waals surface area contributed by atoms with Crippen molar-refractivity contribution >= 4 is 5.91 Å². The summed E-state index contributed by atoms with van der Waals surface area (Å²) in [5.41, 5.74) is 6.52. The van der Waals surface area contributed by atoms with Crippen molar-refractivity contribution in [2.45, 2.75) is 32.7 Å². The Morgan fingerprint density at radius 3 is 2.63 bits per heavy atom. The van der Waals surface area contributed by atoms with Crippen molar-refractivity contribution in [3.8, 4) is 6.07 Å². The summed E-state index contributed by atoms with van der Waals surface area (Å²) < 4.78 is 0. The molecule has 0 fully saturated rings. The molecule has 0 spiro atoms. The highest BCUT2D eigenvalue weighted by molar-refractivity contribution is 5.76. The van der Waals surface area contributed by atoms with Gasteiger partial charge in [0, 0.05) is 19.0 Å². The monoisotopic (exact) mass is 259 g/mol. The molecular formula is C15H21N3O. The molecular weight excluding hydrogens is 238 g/mol. The van der Waals surface area contributed by atoms with Crippen LogP contribution in [0, 0.1) is 16.7 Å². The van der Waals surface area contributed by atoms with Gasteiger partial charge in [-0.3, -0.25) is 4.79 Å². The normalized spacial score (nSPS) is 12.5. The first-order chi connectivity index (χ1) is 8.94. The molecule has 1 unspecified atom stereocenters. The Balaban J connectivity index is 2.33. The molecule has 4 nitrogen and oxygen atoms in total. The van der Waals surface area contributed by atoms with Gasteiger partial charge in [0.25, 0.3) is 0 Å². The Labute approximate surface area is 114 Å². The molecule has 19 heavy (non-hydrogen) atoms. The Morgan fingerprint density at radius 1 is 1.42 bits per heavy atom. The molecule has 0 aliphatic carbocycles. The van der Waals surface area contributed by atoms with E-state index in [-0.39, 0.29) is 11.9 Å². The minimum Gasteiger partial charge on any atom is -0.355 e. The molecule has 0 radical (unpaired) electrons. The van der Waals surface area contributed by atoms with E-state index < -0.39 is 5.41 Å². The van der Waals surface area contributed by atoms with Gasteiger partial charge in [-0.2, -0.15) is 5.26 Å². The van der Waals surface area contributed by atoms with E-state index in [1.54, 1.807) is 13.8 Å². The summed E-state index contributed by atoms with van der Waals surface area (Å²) >= 11 is 0. The van der Waals surface area contributed by atoms with Crippen molar-refractivity contribution in [1.82, 2.24) is 5.32 Å². The van der Waals surface area contributed by atoms with E-state index in [9.17, 15) is 4.79 Å². The van der Waals surface area contributed by atoms with E-state index in [1.165, 1.54) is 0 Å². The zero-order valence-electron chi connectivity index (χ0n) is 11.5. The summed E-state index contributed by atoms with van der Waals surface area (Å²) in [6, 6.07) is 11.7. The Hall–Kier alpha value is -1.86. The second kappa shape index (κ2) is 6.91. The summed E-state index contributed by atoms with van der Waals surface area (Å²) in [7, 11) is 0. The first kappa shape index (κ1) is 15.2. The maximum atomic E-state index is 11.7. The highest BCUT2D eigenvalue weighted by atomic mass is 16.1. The molecule has 1 atom stereocenters. The number of nitrogens with two attached hydrogens (primary N) is 1. The minimum absolute atomic E-state index is 0.0605. The minimum atomic E-state index is -0.531. The van der Waals surface area contributed by atoms with Crippen LogP contribution in [0.25, 0.3) is 0 Å². The topological polar surface area (TPSA) is 78.9 Å². The lowest BCUT2D eigenvalue weighted by atomic mass is 9.96. The van der Waals surface area contributed by atoms with Crippen LogP contribution >= 0.6 is 0 Å². The number of carbonyl (C=O) groups excluding carboxylic acids is 1. The summed E-state index contributed by atoms with van der Waals surface area (Å²) in [4.78, 5) is 11.7. The smallest absolute Gasteiger partial charge is 0.220 e. The van der Waals surface area contributed by atoms with Crippen LogP contribution in [-0.2, 0) is 4.79 Å². The van der Waals surface area contributed by atoms with Crippen LogP contribution in [0.2, 0.25) is 0 Å². The Bertz CT molecular complexity index is 448. The highest BCUT2D eigenvalue weighted by Gasteiger charge is 2.17. The number of hydrogen-bond donors (Lipinski definition) is 2. The molecule has 0 saturated carbocycles. The molecule has 1 aromatic carbocycles. The highest BCUT2D eigenvalue weighted by Crippen LogP contribution is 2.15. The van der Waals surface area contributed by atoms with Crippen molar-refractivity contribution in [3.63, 3.8) is 0 Å². The molecule has 4 heteroatoms. The van der Waals surface area contributed by atoms with Crippen LogP contribution in [0.5, 0.6) is 0 Å². The standard InChI is InChI=1S/C15H21N3O/c1-15(2,10-16)11-18-14(19)9-8-13(17)12-6-4-3-5-7-12/h3-7,13H,8-9,11,17H2,1-2H3,(H,18,19). The Morgan fingerprint density at radius 2 is 2.05 bits per heavy atom. The SMILES string of the molecule is CC(C)(C#N)CNC(=O)CCC(N)c1ccccc1. The third-order valence-corrected chi connectivity index (χ3v) is 2.94. The number of amides is 1. The second-order valence-electron chi connectivity index (χ2n) is 5.33. The molecule has 0 bridgehead atoms. The van der Waals surface area contributed by atoms with Gasteiger partial charge in [0.1, 0.15) is 0 Å². The predicted molar refractivity (Wildman–Crippen MR) is 75.0 cm³/mol. The molecule has 1 aromatic rings. The van der Waals surface area contributed by atoms with E-state index in [1.807, 2.05) is 30.3 Å². The lowest BCUT2D eigenvalue weighted by Crippen LogP contribution is -2.33. The molecule has 0 aliphatic heterocycles. The number of nitrogens with zero attached hydrogens (tertiary/aromatic N) is 1. The number of rotatable bonds is 6. The fourth-order valence-corrected chi connectivity index (χ4v) is 1.60. The van der Waals surface area contributed by atoms with Crippen LogP contribution < -0.4 is 11.1 Å². The van der Waals surface area contributed by atoms with Gasteiger partial charge in [0.15, 0.2) is 0 Å². The van der Waals surface area contributed by atoms with Gasteiger partial charge in [0.2, 0.25) is 5.91 Å². The number of nitrogens with one attached hydrogen (secondary N) is 1.